The fraction of sp³-hybridized carbons (Fsp3) is 0.296. The van der Waals surface area contributed by atoms with Crippen LogP contribution in [0.25, 0.3) is 0 Å². The zero-order valence-corrected chi connectivity index (χ0v) is 21.2. The molecule has 0 fully saturated rings. The number of pyridine rings is 1. The number of aromatic nitrogens is 1. The van der Waals surface area contributed by atoms with Crippen molar-refractivity contribution in [3.8, 4) is 0 Å². The van der Waals surface area contributed by atoms with E-state index in [4.69, 9.17) is 0 Å². The zero-order valence-electron chi connectivity index (χ0n) is 20.4. The van der Waals surface area contributed by atoms with Gasteiger partial charge in [0.2, 0.25) is 12.3 Å². The van der Waals surface area contributed by atoms with Crippen molar-refractivity contribution in [2.75, 3.05) is 10.8 Å². The van der Waals surface area contributed by atoms with Gasteiger partial charge in [0.15, 0.2) is 0 Å². The number of aryl methyl sites for hydroxylation is 1. The monoisotopic (exact) mass is 506 g/mol. The first-order valence-corrected chi connectivity index (χ1v) is 13.4. The number of amides is 2. The van der Waals surface area contributed by atoms with Gasteiger partial charge < -0.3 is 10.2 Å². The van der Waals surface area contributed by atoms with Gasteiger partial charge in [-0.2, -0.15) is 0 Å². The van der Waals surface area contributed by atoms with Crippen LogP contribution in [0.15, 0.2) is 71.8 Å². The van der Waals surface area contributed by atoms with E-state index in [1.807, 2.05) is 25.1 Å². The van der Waals surface area contributed by atoms with Crippen LogP contribution in [0.1, 0.15) is 35.7 Å². The van der Waals surface area contributed by atoms with Crippen molar-refractivity contribution in [1.82, 2.24) is 15.2 Å². The summed E-state index contributed by atoms with van der Waals surface area (Å²) in [6.07, 6.45) is 3.36. The van der Waals surface area contributed by atoms with Crippen LogP contribution in [0.2, 0.25) is 0 Å². The number of nitrogens with one attached hydrogen (secondary N) is 1. The third kappa shape index (κ3) is 5.41. The number of sulfonamides is 1. The molecular weight excluding hydrogens is 476 g/mol. The number of carbonyl (C=O) groups excluding carboxylic acids is 2. The van der Waals surface area contributed by atoms with Crippen LogP contribution >= 0.6 is 0 Å². The van der Waals surface area contributed by atoms with Crippen LogP contribution in [0, 0.1) is 6.92 Å². The lowest BCUT2D eigenvalue weighted by Gasteiger charge is -2.32. The molecule has 1 aromatic heterocycles. The maximum Gasteiger partial charge on any atom is 0.265 e. The number of hydrogen-bond acceptors (Lipinski definition) is 5. The van der Waals surface area contributed by atoms with Gasteiger partial charge in [-0.15, -0.1) is 0 Å². The molecule has 8 nitrogen and oxygen atoms in total. The standard InChI is InChI=1S/C27H30N4O4S/c1-3-26(27(33)29-17-23-6-4-5-14-28-23)31(24-10-7-20(2)8-11-24)36(34,35)25-12-9-21-13-15-30(19-32)18-22(21)16-25/h4-12,14,16,19,26H,3,13,15,17-18H2,1-2H3,(H,29,33). The van der Waals surface area contributed by atoms with Gasteiger partial charge in [-0.1, -0.05) is 36.8 Å². The maximum absolute atomic E-state index is 14.1. The van der Waals surface area contributed by atoms with Crippen LogP contribution in [0.5, 0.6) is 0 Å². The summed E-state index contributed by atoms with van der Waals surface area (Å²) < 4.78 is 29.4. The Balaban J connectivity index is 1.71. The summed E-state index contributed by atoms with van der Waals surface area (Å²) in [6.45, 7) is 4.86. The fourth-order valence-electron chi connectivity index (χ4n) is 4.35. The molecule has 0 aliphatic carbocycles. The van der Waals surface area contributed by atoms with Gasteiger partial charge in [-0.05, 0) is 67.3 Å². The number of carbonyl (C=O) groups is 2. The molecule has 1 N–H and O–H groups in total. The van der Waals surface area contributed by atoms with Crippen molar-refractivity contribution in [1.29, 1.82) is 0 Å². The topological polar surface area (TPSA) is 99.7 Å². The van der Waals surface area contributed by atoms with Crippen LogP contribution in [0.4, 0.5) is 5.69 Å². The van der Waals surface area contributed by atoms with E-state index >= 15 is 0 Å². The summed E-state index contributed by atoms with van der Waals surface area (Å²) in [5.41, 5.74) is 3.89. The minimum Gasteiger partial charge on any atom is -0.349 e. The highest BCUT2D eigenvalue weighted by atomic mass is 32.2. The van der Waals surface area contributed by atoms with Crippen LogP contribution < -0.4 is 9.62 Å². The SMILES string of the molecule is CCC(C(=O)NCc1ccccn1)N(c1ccc(C)cc1)S(=O)(=O)c1ccc2c(c1)CN(C=O)CC2. The molecule has 3 aromatic rings. The normalized spacial score (nSPS) is 14.0. The average molecular weight is 507 g/mol. The van der Waals surface area contributed by atoms with E-state index in [9.17, 15) is 18.0 Å². The summed E-state index contributed by atoms with van der Waals surface area (Å²) >= 11 is 0. The molecule has 1 unspecified atom stereocenters. The zero-order chi connectivity index (χ0) is 25.7. The second kappa shape index (κ2) is 10.9. The summed E-state index contributed by atoms with van der Waals surface area (Å²) in [5.74, 6) is -0.405. The molecule has 1 atom stereocenters. The molecular formula is C27H30N4O4S. The van der Waals surface area contributed by atoms with Crippen molar-refractivity contribution in [3.63, 3.8) is 0 Å². The van der Waals surface area contributed by atoms with Crippen molar-refractivity contribution >= 4 is 28.0 Å². The second-order valence-corrected chi connectivity index (χ2v) is 10.7. The van der Waals surface area contributed by atoms with Crippen LogP contribution in [-0.4, -0.2) is 43.2 Å². The van der Waals surface area contributed by atoms with Gasteiger partial charge in [-0.3, -0.25) is 18.9 Å². The summed E-state index contributed by atoms with van der Waals surface area (Å²) in [4.78, 5) is 30.6. The lowest BCUT2D eigenvalue weighted by molar-refractivity contribution is -0.122. The Bertz CT molecular complexity index is 1330. The summed E-state index contributed by atoms with van der Waals surface area (Å²) in [5, 5.41) is 2.85. The molecule has 0 spiro atoms. The molecule has 1 aliphatic heterocycles. The van der Waals surface area contributed by atoms with E-state index in [0.717, 1.165) is 23.1 Å². The molecule has 1 aliphatic rings. The third-order valence-electron chi connectivity index (χ3n) is 6.36. The van der Waals surface area contributed by atoms with E-state index < -0.39 is 22.0 Å². The summed E-state index contributed by atoms with van der Waals surface area (Å²) in [6, 6.07) is 16.5. The molecule has 0 saturated heterocycles. The smallest absolute Gasteiger partial charge is 0.265 e. The van der Waals surface area contributed by atoms with Crippen molar-refractivity contribution < 1.29 is 18.0 Å². The highest BCUT2D eigenvalue weighted by Crippen LogP contribution is 2.30. The maximum atomic E-state index is 14.1. The average Bonchev–Trinajstić information content (AvgIpc) is 2.90. The third-order valence-corrected chi connectivity index (χ3v) is 8.19. The summed E-state index contributed by atoms with van der Waals surface area (Å²) in [7, 11) is -4.11. The van der Waals surface area contributed by atoms with E-state index in [1.54, 1.807) is 60.5 Å². The number of benzene rings is 2. The first kappa shape index (κ1) is 25.4. The molecule has 36 heavy (non-hydrogen) atoms. The first-order valence-electron chi connectivity index (χ1n) is 11.9. The highest BCUT2D eigenvalue weighted by molar-refractivity contribution is 7.93. The van der Waals surface area contributed by atoms with Crippen molar-refractivity contribution in [2.24, 2.45) is 0 Å². The number of rotatable bonds is 9. The lowest BCUT2D eigenvalue weighted by Crippen LogP contribution is -2.49. The van der Waals surface area contributed by atoms with Gasteiger partial charge in [-0.25, -0.2) is 8.42 Å². The van der Waals surface area contributed by atoms with E-state index in [1.165, 1.54) is 4.31 Å². The second-order valence-electron chi connectivity index (χ2n) is 8.86. The van der Waals surface area contributed by atoms with Crippen molar-refractivity contribution in [2.45, 2.75) is 50.7 Å². The van der Waals surface area contributed by atoms with Gasteiger partial charge in [0.05, 0.1) is 22.8 Å². The molecule has 9 heteroatoms. The molecule has 188 valence electrons. The predicted octanol–water partition coefficient (Wildman–Crippen LogP) is 3.19. The quantitative estimate of drug-likeness (QED) is 0.450. The minimum absolute atomic E-state index is 0.0885. The van der Waals surface area contributed by atoms with Crippen LogP contribution in [-0.2, 0) is 39.1 Å². The van der Waals surface area contributed by atoms with E-state index in [0.29, 0.717) is 30.9 Å². The Morgan fingerprint density at radius 2 is 1.92 bits per heavy atom. The largest absolute Gasteiger partial charge is 0.349 e. The van der Waals surface area contributed by atoms with Crippen LogP contribution in [0.3, 0.4) is 0 Å². The Labute approximate surface area is 212 Å². The minimum atomic E-state index is -4.11. The van der Waals surface area contributed by atoms with E-state index in [2.05, 4.69) is 10.3 Å². The Morgan fingerprint density at radius 1 is 1.14 bits per heavy atom. The molecule has 0 bridgehead atoms. The van der Waals surface area contributed by atoms with Gasteiger partial charge in [0.1, 0.15) is 6.04 Å². The number of fused-ring (bicyclic) bond motifs is 1. The molecule has 2 heterocycles. The highest BCUT2D eigenvalue weighted by Gasteiger charge is 2.35. The number of anilines is 1. The van der Waals surface area contributed by atoms with Crippen molar-refractivity contribution in [3.05, 3.63) is 89.2 Å². The Morgan fingerprint density at radius 3 is 2.58 bits per heavy atom. The van der Waals surface area contributed by atoms with Gasteiger partial charge in [0.25, 0.3) is 10.0 Å². The molecule has 2 aromatic carbocycles. The molecule has 2 amide bonds. The number of hydrogen-bond donors (Lipinski definition) is 1. The first-order chi connectivity index (χ1) is 17.3. The van der Waals surface area contributed by atoms with E-state index in [-0.39, 0.29) is 17.9 Å². The van der Waals surface area contributed by atoms with Gasteiger partial charge >= 0.3 is 0 Å². The molecule has 4 rings (SSSR count). The number of nitrogens with zero attached hydrogens (tertiary/aromatic N) is 3. The molecule has 0 saturated carbocycles. The Hall–Kier alpha value is -3.72. The fourth-order valence-corrected chi connectivity index (χ4v) is 6.09. The van der Waals surface area contributed by atoms with Gasteiger partial charge in [0, 0.05) is 19.3 Å². The Kier molecular flexibility index (Phi) is 7.69. The molecule has 0 radical (unpaired) electrons. The predicted molar refractivity (Wildman–Crippen MR) is 138 cm³/mol. The lowest BCUT2D eigenvalue weighted by atomic mass is 10.0.